The van der Waals surface area contributed by atoms with Crippen LogP contribution in [0.4, 0.5) is 17.2 Å². The Balaban J connectivity index is 1.90. The molecule has 0 saturated carbocycles. The monoisotopic (exact) mass is 274 g/mol. The van der Waals surface area contributed by atoms with Gasteiger partial charge in [-0.2, -0.15) is 5.10 Å². The number of hydrogen-bond acceptors (Lipinski definition) is 5. The molecule has 0 spiro atoms. The fraction of sp³-hybridized carbons (Fsp3) is 0.357. The number of benzene rings is 1. The fourth-order valence-electron chi connectivity index (χ4n) is 2.20. The van der Waals surface area contributed by atoms with Gasteiger partial charge in [-0.15, -0.1) is 0 Å². The predicted molar refractivity (Wildman–Crippen MR) is 77.7 cm³/mol. The quantitative estimate of drug-likeness (QED) is 0.878. The van der Waals surface area contributed by atoms with Gasteiger partial charge in [0.15, 0.2) is 17.3 Å². The number of nitrogen functional groups attached to an aromatic ring is 1. The van der Waals surface area contributed by atoms with E-state index in [4.69, 9.17) is 15.2 Å². The summed E-state index contributed by atoms with van der Waals surface area (Å²) in [6.45, 7) is 3.24. The van der Waals surface area contributed by atoms with Gasteiger partial charge < -0.3 is 20.5 Å². The maximum Gasteiger partial charge on any atom is 0.163 e. The van der Waals surface area contributed by atoms with E-state index in [-0.39, 0.29) is 0 Å². The Morgan fingerprint density at radius 1 is 1.25 bits per heavy atom. The molecule has 1 aliphatic heterocycles. The third kappa shape index (κ3) is 2.24. The minimum absolute atomic E-state index is 0.652. The van der Waals surface area contributed by atoms with Crippen LogP contribution in [0.25, 0.3) is 0 Å². The Morgan fingerprint density at radius 3 is 2.70 bits per heavy atom. The number of hydrogen-bond donors (Lipinski definition) is 2. The van der Waals surface area contributed by atoms with Crippen LogP contribution in [0.2, 0.25) is 0 Å². The number of aryl methyl sites for hydroxylation is 2. The van der Waals surface area contributed by atoms with Crippen LogP contribution < -0.4 is 20.5 Å². The first kappa shape index (κ1) is 12.7. The minimum Gasteiger partial charge on any atom is -0.490 e. The molecule has 0 amide bonds. The Hall–Kier alpha value is -2.37. The maximum atomic E-state index is 6.01. The van der Waals surface area contributed by atoms with Crippen molar-refractivity contribution >= 4 is 17.2 Å². The normalized spacial score (nSPS) is 13.9. The number of ether oxygens (including phenoxy) is 2. The summed E-state index contributed by atoms with van der Waals surface area (Å²) in [5.41, 5.74) is 8.37. The molecule has 106 valence electrons. The molecule has 2 heterocycles. The second-order valence-electron chi connectivity index (χ2n) is 4.81. The molecule has 6 nitrogen and oxygen atoms in total. The number of fused-ring (bicyclic) bond motifs is 1. The lowest BCUT2D eigenvalue weighted by Crippen LogP contribution is -2.02. The topological polar surface area (TPSA) is 74.3 Å². The zero-order valence-corrected chi connectivity index (χ0v) is 11.6. The molecule has 0 unspecified atom stereocenters. The number of nitrogens with one attached hydrogen (secondary N) is 1. The van der Waals surface area contributed by atoms with Crippen molar-refractivity contribution in [1.82, 2.24) is 9.78 Å². The zero-order valence-electron chi connectivity index (χ0n) is 11.6. The van der Waals surface area contributed by atoms with E-state index in [9.17, 15) is 0 Å². The van der Waals surface area contributed by atoms with E-state index in [1.54, 1.807) is 4.68 Å². The molecule has 0 fully saturated rings. The maximum absolute atomic E-state index is 6.01. The molecule has 0 radical (unpaired) electrons. The van der Waals surface area contributed by atoms with Crippen LogP contribution in [-0.2, 0) is 7.05 Å². The Labute approximate surface area is 117 Å². The molecule has 1 aromatic carbocycles. The summed E-state index contributed by atoms with van der Waals surface area (Å²) in [5.74, 6) is 2.31. The lowest BCUT2D eigenvalue weighted by molar-refractivity contribution is 0.297. The van der Waals surface area contributed by atoms with Crippen LogP contribution in [-0.4, -0.2) is 23.0 Å². The highest BCUT2D eigenvalue weighted by Gasteiger charge is 2.13. The highest BCUT2D eigenvalue weighted by atomic mass is 16.5. The van der Waals surface area contributed by atoms with Gasteiger partial charge in [-0.05, 0) is 19.1 Å². The lowest BCUT2D eigenvalue weighted by Gasteiger charge is -2.11. The van der Waals surface area contributed by atoms with Crippen LogP contribution in [0, 0.1) is 6.92 Å². The minimum atomic E-state index is 0.652. The van der Waals surface area contributed by atoms with Crippen molar-refractivity contribution in [3.8, 4) is 11.5 Å². The van der Waals surface area contributed by atoms with Crippen molar-refractivity contribution in [1.29, 1.82) is 0 Å². The lowest BCUT2D eigenvalue weighted by atomic mass is 10.2. The van der Waals surface area contributed by atoms with Crippen molar-refractivity contribution in [3.05, 3.63) is 23.9 Å². The molecule has 0 atom stereocenters. The summed E-state index contributed by atoms with van der Waals surface area (Å²) in [6.07, 6.45) is 0.894. The van der Waals surface area contributed by atoms with Crippen molar-refractivity contribution in [2.75, 3.05) is 24.3 Å². The first-order valence-electron chi connectivity index (χ1n) is 6.61. The highest BCUT2D eigenvalue weighted by Crippen LogP contribution is 2.34. The number of nitrogens with zero attached hydrogens (tertiary/aromatic N) is 2. The van der Waals surface area contributed by atoms with E-state index < -0.39 is 0 Å². The van der Waals surface area contributed by atoms with Crippen LogP contribution in [0.5, 0.6) is 11.5 Å². The van der Waals surface area contributed by atoms with E-state index in [1.165, 1.54) is 0 Å². The first-order chi connectivity index (χ1) is 9.65. The van der Waals surface area contributed by atoms with Crippen LogP contribution in [0.15, 0.2) is 18.2 Å². The van der Waals surface area contributed by atoms with Gasteiger partial charge in [0.05, 0.1) is 24.6 Å². The number of aromatic nitrogens is 2. The Bertz CT molecular complexity index is 636. The van der Waals surface area contributed by atoms with Gasteiger partial charge in [0, 0.05) is 25.2 Å². The van der Waals surface area contributed by atoms with Gasteiger partial charge in [-0.1, -0.05) is 0 Å². The summed E-state index contributed by atoms with van der Waals surface area (Å²) in [4.78, 5) is 0. The summed E-state index contributed by atoms with van der Waals surface area (Å²) in [6, 6.07) is 5.76. The van der Waals surface area contributed by atoms with Crippen molar-refractivity contribution in [2.45, 2.75) is 13.3 Å². The van der Waals surface area contributed by atoms with Gasteiger partial charge in [-0.3, -0.25) is 4.68 Å². The average molecular weight is 274 g/mol. The summed E-state index contributed by atoms with van der Waals surface area (Å²) >= 11 is 0. The number of nitrogens with two attached hydrogens (primary N) is 1. The second-order valence-corrected chi connectivity index (χ2v) is 4.81. The molecular weight excluding hydrogens is 256 g/mol. The molecule has 1 aliphatic rings. The summed E-state index contributed by atoms with van der Waals surface area (Å²) in [5, 5.41) is 7.55. The van der Waals surface area contributed by atoms with Crippen molar-refractivity contribution in [2.24, 2.45) is 7.05 Å². The van der Waals surface area contributed by atoms with Gasteiger partial charge in [-0.25, -0.2) is 0 Å². The zero-order chi connectivity index (χ0) is 14.1. The third-order valence-corrected chi connectivity index (χ3v) is 3.28. The molecule has 1 aromatic heterocycles. The molecular formula is C14H18N4O2. The molecule has 2 aromatic rings. The average Bonchev–Trinajstić information content (AvgIpc) is 2.63. The molecule has 6 heteroatoms. The Morgan fingerprint density at radius 2 is 2.00 bits per heavy atom. The summed E-state index contributed by atoms with van der Waals surface area (Å²) < 4.78 is 13.0. The molecule has 3 rings (SSSR count). The molecule has 20 heavy (non-hydrogen) atoms. The van der Waals surface area contributed by atoms with Crippen LogP contribution in [0.1, 0.15) is 12.1 Å². The predicted octanol–water partition coefficient (Wildman–Crippen LogP) is 2.22. The van der Waals surface area contributed by atoms with Crippen LogP contribution in [0.3, 0.4) is 0 Å². The van der Waals surface area contributed by atoms with E-state index >= 15 is 0 Å². The molecule has 0 bridgehead atoms. The van der Waals surface area contributed by atoms with E-state index in [0.717, 1.165) is 35.1 Å². The third-order valence-electron chi connectivity index (χ3n) is 3.28. The van der Waals surface area contributed by atoms with Crippen LogP contribution >= 0.6 is 0 Å². The smallest absolute Gasteiger partial charge is 0.163 e. The fourth-order valence-corrected chi connectivity index (χ4v) is 2.20. The highest BCUT2D eigenvalue weighted by molar-refractivity contribution is 5.72. The van der Waals surface area contributed by atoms with E-state index in [2.05, 4.69) is 10.4 Å². The van der Waals surface area contributed by atoms with E-state index in [1.807, 2.05) is 32.2 Å². The number of anilines is 3. The van der Waals surface area contributed by atoms with Gasteiger partial charge in [0.1, 0.15) is 0 Å². The van der Waals surface area contributed by atoms with Gasteiger partial charge in [0.25, 0.3) is 0 Å². The Kier molecular flexibility index (Phi) is 3.14. The van der Waals surface area contributed by atoms with Gasteiger partial charge in [0.2, 0.25) is 0 Å². The SMILES string of the molecule is Cc1nn(C)c(Nc2ccc3c(c2)OCCCO3)c1N. The number of rotatable bonds is 2. The summed E-state index contributed by atoms with van der Waals surface area (Å²) in [7, 11) is 1.86. The second kappa shape index (κ2) is 4.96. The van der Waals surface area contributed by atoms with Gasteiger partial charge >= 0.3 is 0 Å². The standard InChI is InChI=1S/C14H18N4O2/c1-9-13(15)14(18(2)17-9)16-10-4-5-11-12(8-10)20-7-3-6-19-11/h4-5,8,16H,3,6-7,15H2,1-2H3. The van der Waals surface area contributed by atoms with Crippen molar-refractivity contribution in [3.63, 3.8) is 0 Å². The largest absolute Gasteiger partial charge is 0.490 e. The first-order valence-corrected chi connectivity index (χ1v) is 6.61. The molecule has 3 N–H and O–H groups in total. The molecule has 0 aliphatic carbocycles. The molecule has 0 saturated heterocycles. The van der Waals surface area contributed by atoms with E-state index in [0.29, 0.717) is 18.9 Å². The van der Waals surface area contributed by atoms with Crippen molar-refractivity contribution < 1.29 is 9.47 Å².